The SMILES string of the molecule is CCc1ccc(CN2CCSCC2CC(=O)O)s1. The smallest absolute Gasteiger partial charge is 0.304 e. The highest BCUT2D eigenvalue weighted by atomic mass is 32.2. The van der Waals surface area contributed by atoms with E-state index in [1.54, 1.807) is 0 Å². The topological polar surface area (TPSA) is 40.5 Å². The lowest BCUT2D eigenvalue weighted by atomic mass is 10.2. The minimum atomic E-state index is -0.687. The van der Waals surface area contributed by atoms with Crippen LogP contribution in [0.5, 0.6) is 0 Å². The molecule has 1 atom stereocenters. The van der Waals surface area contributed by atoms with E-state index in [1.165, 1.54) is 9.75 Å². The number of aliphatic carboxylic acids is 1. The lowest BCUT2D eigenvalue weighted by Gasteiger charge is -2.34. The zero-order valence-electron chi connectivity index (χ0n) is 10.6. The first kappa shape index (κ1) is 13.9. The van der Waals surface area contributed by atoms with Gasteiger partial charge in [-0.15, -0.1) is 11.3 Å². The molecule has 0 spiro atoms. The van der Waals surface area contributed by atoms with Gasteiger partial charge < -0.3 is 5.11 Å². The third kappa shape index (κ3) is 3.73. The van der Waals surface area contributed by atoms with Crippen molar-refractivity contribution in [3.05, 3.63) is 21.9 Å². The van der Waals surface area contributed by atoms with Gasteiger partial charge in [-0.05, 0) is 18.6 Å². The van der Waals surface area contributed by atoms with Crippen LogP contribution in [-0.4, -0.2) is 40.1 Å². The van der Waals surface area contributed by atoms with E-state index in [0.29, 0.717) is 0 Å². The molecule has 1 fully saturated rings. The van der Waals surface area contributed by atoms with Crippen LogP contribution >= 0.6 is 23.1 Å². The maximum absolute atomic E-state index is 10.9. The molecule has 2 rings (SSSR count). The van der Waals surface area contributed by atoms with Gasteiger partial charge in [0.2, 0.25) is 0 Å². The summed E-state index contributed by atoms with van der Waals surface area (Å²) in [5, 5.41) is 8.96. The van der Waals surface area contributed by atoms with E-state index in [9.17, 15) is 4.79 Å². The Hall–Kier alpha value is -0.520. The van der Waals surface area contributed by atoms with Crippen molar-refractivity contribution >= 4 is 29.1 Å². The van der Waals surface area contributed by atoms with Crippen LogP contribution in [0.3, 0.4) is 0 Å². The molecule has 1 unspecified atom stereocenters. The average molecular weight is 285 g/mol. The second kappa shape index (κ2) is 6.59. The third-order valence-corrected chi connectivity index (χ3v) is 5.49. The number of rotatable bonds is 5. The number of thiophene rings is 1. The molecule has 1 aliphatic rings. The van der Waals surface area contributed by atoms with E-state index in [2.05, 4.69) is 24.0 Å². The van der Waals surface area contributed by atoms with Gasteiger partial charge in [0.25, 0.3) is 0 Å². The summed E-state index contributed by atoms with van der Waals surface area (Å²) in [6.45, 7) is 4.07. The monoisotopic (exact) mass is 285 g/mol. The Bertz CT molecular complexity index is 405. The van der Waals surface area contributed by atoms with Crippen molar-refractivity contribution in [2.24, 2.45) is 0 Å². The van der Waals surface area contributed by atoms with Crippen LogP contribution in [0.2, 0.25) is 0 Å². The molecule has 0 bridgehead atoms. The first-order valence-corrected chi connectivity index (χ1v) is 8.27. The highest BCUT2D eigenvalue weighted by Gasteiger charge is 2.25. The molecule has 1 aliphatic heterocycles. The van der Waals surface area contributed by atoms with Gasteiger partial charge in [0.05, 0.1) is 6.42 Å². The predicted octanol–water partition coefficient (Wildman–Crippen LogP) is 2.70. The summed E-state index contributed by atoms with van der Waals surface area (Å²) in [7, 11) is 0. The molecule has 100 valence electrons. The van der Waals surface area contributed by atoms with Crippen LogP contribution in [0.1, 0.15) is 23.1 Å². The zero-order chi connectivity index (χ0) is 13.0. The Morgan fingerprint density at radius 3 is 2.94 bits per heavy atom. The molecule has 0 radical (unpaired) electrons. The van der Waals surface area contributed by atoms with Crippen molar-refractivity contribution in [1.29, 1.82) is 0 Å². The van der Waals surface area contributed by atoms with E-state index in [1.807, 2.05) is 23.1 Å². The summed E-state index contributed by atoms with van der Waals surface area (Å²) in [6.07, 6.45) is 1.35. The Kier molecular flexibility index (Phi) is 5.09. The second-order valence-electron chi connectivity index (χ2n) is 4.52. The van der Waals surface area contributed by atoms with Gasteiger partial charge in [0.15, 0.2) is 0 Å². The fourth-order valence-electron chi connectivity index (χ4n) is 2.18. The molecule has 1 saturated heterocycles. The summed E-state index contributed by atoms with van der Waals surface area (Å²) in [6, 6.07) is 4.56. The molecule has 3 nitrogen and oxygen atoms in total. The van der Waals surface area contributed by atoms with Gasteiger partial charge in [0, 0.05) is 40.4 Å². The van der Waals surface area contributed by atoms with Crippen molar-refractivity contribution in [3.8, 4) is 0 Å². The highest BCUT2D eigenvalue weighted by molar-refractivity contribution is 7.99. The first-order chi connectivity index (χ1) is 8.69. The van der Waals surface area contributed by atoms with Crippen molar-refractivity contribution < 1.29 is 9.90 Å². The van der Waals surface area contributed by atoms with E-state index in [4.69, 9.17) is 5.11 Å². The van der Waals surface area contributed by atoms with Crippen molar-refractivity contribution in [2.75, 3.05) is 18.1 Å². The number of carbonyl (C=O) groups is 1. The van der Waals surface area contributed by atoms with Gasteiger partial charge >= 0.3 is 5.97 Å². The molecule has 1 N–H and O–H groups in total. The molecule has 0 amide bonds. The molecule has 18 heavy (non-hydrogen) atoms. The maximum Gasteiger partial charge on any atom is 0.304 e. The van der Waals surface area contributed by atoms with Gasteiger partial charge in [-0.2, -0.15) is 11.8 Å². The lowest BCUT2D eigenvalue weighted by molar-refractivity contribution is -0.138. The highest BCUT2D eigenvalue weighted by Crippen LogP contribution is 2.24. The quantitative estimate of drug-likeness (QED) is 0.903. The summed E-state index contributed by atoms with van der Waals surface area (Å²) in [5.74, 6) is 1.37. The van der Waals surface area contributed by atoms with Crippen LogP contribution in [-0.2, 0) is 17.8 Å². The van der Waals surface area contributed by atoms with Gasteiger partial charge in [-0.25, -0.2) is 0 Å². The van der Waals surface area contributed by atoms with E-state index < -0.39 is 5.97 Å². The number of carboxylic acid groups (broad SMARTS) is 1. The Balaban J connectivity index is 1.98. The summed E-state index contributed by atoms with van der Waals surface area (Å²) in [5.41, 5.74) is 0. The number of thioether (sulfide) groups is 1. The standard InChI is InChI=1S/C13H19NO2S2/c1-2-11-3-4-12(18-11)8-14-5-6-17-9-10(14)7-13(15)16/h3-4,10H,2,5-9H2,1H3,(H,15,16). The maximum atomic E-state index is 10.9. The third-order valence-electron chi connectivity index (χ3n) is 3.18. The summed E-state index contributed by atoms with van der Waals surface area (Å²) < 4.78 is 0. The van der Waals surface area contributed by atoms with Gasteiger partial charge in [0.1, 0.15) is 0 Å². The van der Waals surface area contributed by atoms with E-state index >= 15 is 0 Å². The molecule has 5 heteroatoms. The van der Waals surface area contributed by atoms with Gasteiger partial charge in [-0.1, -0.05) is 6.92 Å². The van der Waals surface area contributed by atoms with Crippen molar-refractivity contribution in [3.63, 3.8) is 0 Å². The fraction of sp³-hybridized carbons (Fsp3) is 0.615. The second-order valence-corrected chi connectivity index (χ2v) is 6.92. The minimum Gasteiger partial charge on any atom is -0.481 e. The molecular formula is C13H19NO2S2. The number of aryl methyl sites for hydroxylation is 1. The Labute approximate surface area is 116 Å². The number of nitrogens with zero attached hydrogens (tertiary/aromatic N) is 1. The van der Waals surface area contributed by atoms with Crippen molar-refractivity contribution in [1.82, 2.24) is 4.90 Å². The minimum absolute atomic E-state index is 0.188. The van der Waals surface area contributed by atoms with Crippen LogP contribution in [0.25, 0.3) is 0 Å². The molecule has 1 aromatic rings. The molecule has 1 aromatic heterocycles. The fourth-order valence-corrected chi connectivity index (χ4v) is 4.30. The molecular weight excluding hydrogens is 266 g/mol. The van der Waals surface area contributed by atoms with Crippen LogP contribution in [0, 0.1) is 0 Å². The first-order valence-electron chi connectivity index (χ1n) is 6.30. The van der Waals surface area contributed by atoms with Crippen molar-refractivity contribution in [2.45, 2.75) is 32.4 Å². The van der Waals surface area contributed by atoms with Crippen LogP contribution in [0.4, 0.5) is 0 Å². The average Bonchev–Trinajstić information content (AvgIpc) is 2.79. The zero-order valence-corrected chi connectivity index (χ0v) is 12.2. The number of carboxylic acids is 1. The molecule has 0 saturated carbocycles. The van der Waals surface area contributed by atoms with Gasteiger partial charge in [-0.3, -0.25) is 9.69 Å². The van der Waals surface area contributed by atoms with Crippen LogP contribution < -0.4 is 0 Å². The van der Waals surface area contributed by atoms with E-state index in [-0.39, 0.29) is 12.5 Å². The molecule has 0 aliphatic carbocycles. The largest absolute Gasteiger partial charge is 0.481 e. The Morgan fingerprint density at radius 1 is 1.50 bits per heavy atom. The summed E-state index contributed by atoms with van der Waals surface area (Å²) in [4.78, 5) is 16.0. The predicted molar refractivity (Wildman–Crippen MR) is 77.5 cm³/mol. The molecule has 2 heterocycles. The number of hydrogen-bond donors (Lipinski definition) is 1. The lowest BCUT2D eigenvalue weighted by Crippen LogP contribution is -2.42. The molecule has 0 aromatic carbocycles. The van der Waals surface area contributed by atoms with E-state index in [0.717, 1.165) is 31.0 Å². The Morgan fingerprint density at radius 2 is 2.28 bits per heavy atom. The normalized spacial score (nSPS) is 21.1. The van der Waals surface area contributed by atoms with Crippen LogP contribution in [0.15, 0.2) is 12.1 Å². The number of hydrogen-bond acceptors (Lipinski definition) is 4. The summed E-state index contributed by atoms with van der Waals surface area (Å²) >= 11 is 3.72.